The standard InChI is InChI=1S/C28H26FN7O2/c29-20-12-19(14-30-15-20)25-33-26-24(27(37)35-7-9-38-10-8-35)16-31-36(26)28(34-25)32-21-6-5-18-11-17-3-1-2-4-22(17)23(18)13-21/h1-4,12,14-16,21H,5-11,13H2,(H,32,33,34)/t21-/m1/s1. The Morgan fingerprint density at radius 3 is 2.84 bits per heavy atom. The van der Waals surface area contributed by atoms with E-state index in [0.717, 1.165) is 31.9 Å². The van der Waals surface area contributed by atoms with Crippen LogP contribution in [0, 0.1) is 5.82 Å². The lowest BCUT2D eigenvalue weighted by atomic mass is 9.88. The molecule has 0 bridgehead atoms. The fourth-order valence-corrected chi connectivity index (χ4v) is 5.71. The molecule has 3 aliphatic rings. The first kappa shape index (κ1) is 23.0. The number of nitrogens with zero attached hydrogens (tertiary/aromatic N) is 6. The molecule has 1 N–H and O–H groups in total. The molecule has 1 fully saturated rings. The van der Waals surface area contributed by atoms with Gasteiger partial charge in [0, 0.05) is 30.9 Å². The number of anilines is 1. The third-order valence-corrected chi connectivity index (χ3v) is 7.61. The van der Waals surface area contributed by atoms with Crippen LogP contribution in [0.4, 0.5) is 10.3 Å². The van der Waals surface area contributed by atoms with Crippen LogP contribution in [0.3, 0.4) is 0 Å². The third-order valence-electron chi connectivity index (χ3n) is 7.61. The highest BCUT2D eigenvalue weighted by Gasteiger charge is 2.30. The zero-order valence-electron chi connectivity index (χ0n) is 20.7. The Morgan fingerprint density at radius 2 is 1.97 bits per heavy atom. The second kappa shape index (κ2) is 9.29. The lowest BCUT2D eigenvalue weighted by Gasteiger charge is -2.26. The monoisotopic (exact) mass is 511 g/mol. The van der Waals surface area contributed by atoms with Gasteiger partial charge >= 0.3 is 0 Å². The molecule has 4 aromatic rings. The smallest absolute Gasteiger partial charge is 0.259 e. The summed E-state index contributed by atoms with van der Waals surface area (Å²) in [4.78, 5) is 28.5. The number of hydrogen-bond acceptors (Lipinski definition) is 7. The Morgan fingerprint density at radius 1 is 1.11 bits per heavy atom. The number of allylic oxidation sites excluding steroid dienone is 1. The number of rotatable bonds is 4. The van der Waals surface area contributed by atoms with E-state index < -0.39 is 5.82 Å². The lowest BCUT2D eigenvalue weighted by Crippen LogP contribution is -2.40. The van der Waals surface area contributed by atoms with Crippen LogP contribution >= 0.6 is 0 Å². The number of aromatic nitrogens is 5. The first-order chi connectivity index (χ1) is 18.6. The van der Waals surface area contributed by atoms with E-state index in [2.05, 4.69) is 44.6 Å². The van der Waals surface area contributed by atoms with Gasteiger partial charge < -0.3 is 15.0 Å². The molecule has 2 aliphatic carbocycles. The van der Waals surface area contributed by atoms with Gasteiger partial charge in [-0.1, -0.05) is 29.8 Å². The van der Waals surface area contributed by atoms with Crippen LogP contribution < -0.4 is 5.32 Å². The van der Waals surface area contributed by atoms with Crippen molar-refractivity contribution in [2.45, 2.75) is 31.7 Å². The molecule has 192 valence electrons. The molecular formula is C28H26FN7O2. The Labute approximate surface area is 218 Å². The second-order valence-electron chi connectivity index (χ2n) is 9.96. The molecule has 0 radical (unpaired) electrons. The zero-order chi connectivity index (χ0) is 25.6. The molecule has 0 saturated carbocycles. The number of amides is 1. The van der Waals surface area contributed by atoms with E-state index in [1.165, 1.54) is 40.7 Å². The minimum atomic E-state index is -0.481. The van der Waals surface area contributed by atoms with Crippen LogP contribution in [0.25, 0.3) is 22.6 Å². The molecule has 38 heavy (non-hydrogen) atoms. The van der Waals surface area contributed by atoms with Crippen molar-refractivity contribution < 1.29 is 13.9 Å². The van der Waals surface area contributed by atoms with Crippen LogP contribution in [0.15, 0.2) is 54.5 Å². The van der Waals surface area contributed by atoms with E-state index >= 15 is 0 Å². The number of fused-ring (bicyclic) bond motifs is 3. The van der Waals surface area contributed by atoms with E-state index in [0.29, 0.717) is 49.0 Å². The van der Waals surface area contributed by atoms with E-state index in [-0.39, 0.29) is 17.8 Å². The summed E-state index contributed by atoms with van der Waals surface area (Å²) in [5.41, 5.74) is 6.84. The van der Waals surface area contributed by atoms with Crippen LogP contribution in [-0.4, -0.2) is 67.7 Å². The lowest BCUT2D eigenvalue weighted by molar-refractivity contribution is 0.0304. The van der Waals surface area contributed by atoms with Gasteiger partial charge in [-0.15, -0.1) is 0 Å². The van der Waals surface area contributed by atoms with Crippen LogP contribution in [0.2, 0.25) is 0 Å². The molecule has 1 saturated heterocycles. The SMILES string of the molecule is O=C(c1cnn2c(N[C@@H]3CCC4=C(C3)c3ccccc3C4)nc(-c3cncc(F)c3)nc12)N1CCOCC1. The predicted molar refractivity (Wildman–Crippen MR) is 139 cm³/mol. The van der Waals surface area contributed by atoms with Crippen LogP contribution in [0.5, 0.6) is 0 Å². The molecular weight excluding hydrogens is 485 g/mol. The molecule has 1 amide bonds. The predicted octanol–water partition coefficient (Wildman–Crippen LogP) is 3.77. The van der Waals surface area contributed by atoms with Gasteiger partial charge in [-0.3, -0.25) is 9.78 Å². The maximum atomic E-state index is 14.0. The number of morpholine rings is 1. The van der Waals surface area contributed by atoms with Crippen molar-refractivity contribution in [1.82, 2.24) is 29.5 Å². The van der Waals surface area contributed by atoms with Crippen molar-refractivity contribution in [3.8, 4) is 11.4 Å². The van der Waals surface area contributed by atoms with E-state index in [1.54, 1.807) is 9.42 Å². The largest absolute Gasteiger partial charge is 0.378 e. The Hall–Kier alpha value is -4.18. The highest BCUT2D eigenvalue weighted by Crippen LogP contribution is 2.42. The average molecular weight is 512 g/mol. The molecule has 0 spiro atoms. The fraction of sp³-hybridized carbons (Fsp3) is 0.321. The van der Waals surface area contributed by atoms with Gasteiger partial charge in [-0.2, -0.15) is 14.6 Å². The minimum Gasteiger partial charge on any atom is -0.378 e. The van der Waals surface area contributed by atoms with Crippen molar-refractivity contribution in [3.63, 3.8) is 0 Å². The summed E-state index contributed by atoms with van der Waals surface area (Å²) >= 11 is 0. The van der Waals surface area contributed by atoms with Crippen molar-refractivity contribution in [2.24, 2.45) is 0 Å². The molecule has 1 atom stereocenters. The normalized spacial score (nSPS) is 19.0. The maximum absolute atomic E-state index is 14.0. The highest BCUT2D eigenvalue weighted by atomic mass is 19.1. The Balaban J connectivity index is 1.26. The number of nitrogens with one attached hydrogen (secondary N) is 1. The summed E-state index contributed by atoms with van der Waals surface area (Å²) in [6.07, 6.45) is 8.06. The number of hydrogen-bond donors (Lipinski definition) is 1. The van der Waals surface area contributed by atoms with Gasteiger partial charge in [-0.05, 0) is 48.4 Å². The average Bonchev–Trinajstić information content (AvgIpc) is 3.55. The first-order valence-corrected chi connectivity index (χ1v) is 12.9. The van der Waals surface area contributed by atoms with E-state index in [9.17, 15) is 9.18 Å². The fourth-order valence-electron chi connectivity index (χ4n) is 5.71. The summed E-state index contributed by atoms with van der Waals surface area (Å²) in [7, 11) is 0. The number of benzene rings is 1. The number of pyridine rings is 1. The highest BCUT2D eigenvalue weighted by molar-refractivity contribution is 6.00. The molecule has 7 rings (SSSR count). The summed E-state index contributed by atoms with van der Waals surface area (Å²) in [5.74, 6) is 0.109. The van der Waals surface area contributed by atoms with Crippen molar-refractivity contribution in [1.29, 1.82) is 0 Å². The molecule has 4 heterocycles. The number of ether oxygens (including phenoxy) is 1. The van der Waals surface area contributed by atoms with Crippen molar-refractivity contribution >= 4 is 23.1 Å². The van der Waals surface area contributed by atoms with E-state index in [1.807, 2.05) is 0 Å². The summed E-state index contributed by atoms with van der Waals surface area (Å²) < 4.78 is 21.0. The molecule has 1 aromatic carbocycles. The number of halogens is 1. The van der Waals surface area contributed by atoms with Crippen molar-refractivity contribution in [3.05, 3.63) is 77.0 Å². The topological polar surface area (TPSA) is 97.5 Å². The number of carbonyl (C=O) groups excluding carboxylic acids is 1. The van der Waals surface area contributed by atoms with Gasteiger partial charge in [0.15, 0.2) is 11.5 Å². The van der Waals surface area contributed by atoms with Gasteiger partial charge in [0.05, 0.1) is 25.6 Å². The molecule has 1 aliphatic heterocycles. The van der Waals surface area contributed by atoms with Gasteiger partial charge in [-0.25, -0.2) is 9.37 Å². The van der Waals surface area contributed by atoms with Gasteiger partial charge in [0.2, 0.25) is 5.95 Å². The number of carbonyl (C=O) groups is 1. The minimum absolute atomic E-state index is 0.124. The Bertz CT molecular complexity index is 1590. The zero-order valence-corrected chi connectivity index (χ0v) is 20.7. The summed E-state index contributed by atoms with van der Waals surface area (Å²) in [5, 5.41) is 8.08. The van der Waals surface area contributed by atoms with Crippen molar-refractivity contribution in [2.75, 3.05) is 31.6 Å². The molecule has 9 nitrogen and oxygen atoms in total. The molecule has 10 heteroatoms. The van der Waals surface area contributed by atoms with Crippen LogP contribution in [0.1, 0.15) is 40.7 Å². The molecule has 0 unspecified atom stereocenters. The maximum Gasteiger partial charge on any atom is 0.259 e. The second-order valence-corrected chi connectivity index (χ2v) is 9.96. The summed E-state index contributed by atoms with van der Waals surface area (Å²) in [6.45, 7) is 2.01. The Kier molecular flexibility index (Phi) is 5.61. The first-order valence-electron chi connectivity index (χ1n) is 12.9. The molecule has 3 aromatic heterocycles. The van der Waals surface area contributed by atoms with Gasteiger partial charge in [0.25, 0.3) is 5.91 Å². The quantitative estimate of drug-likeness (QED) is 0.445. The van der Waals surface area contributed by atoms with Crippen LogP contribution in [-0.2, 0) is 11.2 Å². The van der Waals surface area contributed by atoms with Gasteiger partial charge in [0.1, 0.15) is 11.4 Å². The third kappa shape index (κ3) is 4.01. The van der Waals surface area contributed by atoms with E-state index in [4.69, 9.17) is 9.72 Å². The summed E-state index contributed by atoms with van der Waals surface area (Å²) in [6, 6.07) is 10.1.